The van der Waals surface area contributed by atoms with E-state index in [2.05, 4.69) is 12.2 Å². The first kappa shape index (κ1) is 8.81. The topological polar surface area (TPSA) is 49.3 Å². The lowest BCUT2D eigenvalue weighted by molar-refractivity contribution is -0.147. The van der Waals surface area contributed by atoms with Gasteiger partial charge in [0.2, 0.25) is 0 Å². The van der Waals surface area contributed by atoms with Gasteiger partial charge < -0.3 is 5.11 Å². The fourth-order valence-corrected chi connectivity index (χ4v) is 2.10. The van der Waals surface area contributed by atoms with Crippen LogP contribution in [0.5, 0.6) is 0 Å². The zero-order valence-electron chi connectivity index (χ0n) is 6.33. The van der Waals surface area contributed by atoms with Crippen molar-refractivity contribution >= 4 is 18.4 Å². The molecule has 11 heavy (non-hydrogen) atoms. The van der Waals surface area contributed by atoms with E-state index in [1.54, 1.807) is 0 Å². The molecule has 0 aromatic carbocycles. The van der Waals surface area contributed by atoms with Gasteiger partial charge in [0.1, 0.15) is 5.54 Å². The fraction of sp³-hybridized carbons (Fsp3) is 0.857. The molecule has 3 nitrogen and oxygen atoms in total. The molecule has 3 fully saturated rings. The SMILES string of the molecule is CC1NC2(C(=O)O)CC1C2.Cl. The molecule has 3 aliphatic rings. The van der Waals surface area contributed by atoms with E-state index in [1.807, 2.05) is 0 Å². The van der Waals surface area contributed by atoms with Gasteiger partial charge in [-0.2, -0.15) is 0 Å². The summed E-state index contributed by atoms with van der Waals surface area (Å²) in [5, 5.41) is 11.9. The Morgan fingerprint density at radius 3 is 2.36 bits per heavy atom. The molecule has 1 aliphatic carbocycles. The van der Waals surface area contributed by atoms with Crippen LogP contribution in [-0.2, 0) is 4.79 Å². The molecule has 1 saturated carbocycles. The standard InChI is InChI=1S/C7H11NO2.ClH/c1-4-5-2-7(3-5,8-4)6(9)10;/h4-5,8H,2-3H2,1H3,(H,9,10);1H. The van der Waals surface area contributed by atoms with E-state index in [-0.39, 0.29) is 12.4 Å². The minimum Gasteiger partial charge on any atom is -0.480 e. The van der Waals surface area contributed by atoms with E-state index < -0.39 is 11.5 Å². The number of hydrogen-bond acceptors (Lipinski definition) is 2. The van der Waals surface area contributed by atoms with Crippen LogP contribution in [0.1, 0.15) is 19.8 Å². The van der Waals surface area contributed by atoms with Crippen LogP contribution >= 0.6 is 12.4 Å². The molecule has 0 spiro atoms. The lowest BCUT2D eigenvalue weighted by Gasteiger charge is -2.32. The number of fused-ring (bicyclic) bond motifs is 1. The minimum atomic E-state index is -0.673. The highest BCUT2D eigenvalue weighted by molar-refractivity contribution is 5.85. The van der Waals surface area contributed by atoms with Crippen molar-refractivity contribution in [1.82, 2.24) is 5.32 Å². The molecule has 2 saturated heterocycles. The molecular formula is C7H12ClNO2. The summed E-state index contributed by atoms with van der Waals surface area (Å²) in [7, 11) is 0. The molecule has 64 valence electrons. The molecule has 0 radical (unpaired) electrons. The fourth-order valence-electron chi connectivity index (χ4n) is 2.10. The van der Waals surface area contributed by atoms with E-state index in [9.17, 15) is 4.79 Å². The third-order valence-electron chi connectivity index (χ3n) is 2.84. The highest BCUT2D eigenvalue weighted by Crippen LogP contribution is 2.47. The van der Waals surface area contributed by atoms with Crippen LogP contribution in [0.4, 0.5) is 0 Å². The van der Waals surface area contributed by atoms with Crippen molar-refractivity contribution in [3.63, 3.8) is 0 Å². The summed E-state index contributed by atoms with van der Waals surface area (Å²) in [5.41, 5.74) is -0.524. The second-order valence-electron chi connectivity index (χ2n) is 3.49. The van der Waals surface area contributed by atoms with Crippen molar-refractivity contribution in [3.8, 4) is 0 Å². The zero-order valence-corrected chi connectivity index (χ0v) is 7.15. The van der Waals surface area contributed by atoms with Crippen molar-refractivity contribution in [3.05, 3.63) is 0 Å². The van der Waals surface area contributed by atoms with Crippen LogP contribution in [0, 0.1) is 5.92 Å². The molecule has 0 aromatic heterocycles. The second-order valence-corrected chi connectivity index (χ2v) is 3.49. The highest BCUT2D eigenvalue weighted by atomic mass is 35.5. The van der Waals surface area contributed by atoms with Crippen LogP contribution < -0.4 is 5.32 Å². The molecule has 2 aliphatic heterocycles. The summed E-state index contributed by atoms with van der Waals surface area (Å²) < 4.78 is 0. The first-order valence-corrected chi connectivity index (χ1v) is 3.65. The van der Waals surface area contributed by atoms with Gasteiger partial charge in [-0.3, -0.25) is 10.1 Å². The maximum Gasteiger partial charge on any atom is 0.323 e. The van der Waals surface area contributed by atoms with Gasteiger partial charge in [0.15, 0.2) is 0 Å². The van der Waals surface area contributed by atoms with Crippen LogP contribution in [0.25, 0.3) is 0 Å². The van der Waals surface area contributed by atoms with Gasteiger partial charge in [-0.25, -0.2) is 0 Å². The Bertz CT molecular complexity index is 189. The Hall–Kier alpha value is -0.280. The van der Waals surface area contributed by atoms with E-state index in [1.165, 1.54) is 0 Å². The summed E-state index contributed by atoms with van der Waals surface area (Å²) in [4.78, 5) is 10.6. The van der Waals surface area contributed by atoms with E-state index in [0.29, 0.717) is 12.0 Å². The summed E-state index contributed by atoms with van der Waals surface area (Å²) >= 11 is 0. The summed E-state index contributed by atoms with van der Waals surface area (Å²) in [6.45, 7) is 2.06. The van der Waals surface area contributed by atoms with Crippen molar-refractivity contribution in [2.24, 2.45) is 5.92 Å². The van der Waals surface area contributed by atoms with E-state index >= 15 is 0 Å². The summed E-state index contributed by atoms with van der Waals surface area (Å²) in [5.74, 6) is -0.0517. The number of rotatable bonds is 1. The number of aliphatic carboxylic acids is 1. The van der Waals surface area contributed by atoms with Crippen molar-refractivity contribution in [2.45, 2.75) is 31.3 Å². The Balaban J connectivity index is 0.000000605. The van der Waals surface area contributed by atoms with Crippen LogP contribution in [0.2, 0.25) is 0 Å². The lowest BCUT2D eigenvalue weighted by Crippen LogP contribution is -2.50. The van der Waals surface area contributed by atoms with Crippen LogP contribution in [-0.4, -0.2) is 22.7 Å². The average Bonchev–Trinajstić information content (AvgIpc) is 2.16. The molecule has 1 unspecified atom stereocenters. The number of carboxylic acids is 1. The van der Waals surface area contributed by atoms with Crippen molar-refractivity contribution < 1.29 is 9.90 Å². The molecule has 2 heterocycles. The molecule has 4 heteroatoms. The monoisotopic (exact) mass is 177 g/mol. The smallest absolute Gasteiger partial charge is 0.323 e. The largest absolute Gasteiger partial charge is 0.480 e. The first-order valence-electron chi connectivity index (χ1n) is 3.65. The normalized spacial score (nSPS) is 45.9. The third kappa shape index (κ3) is 0.948. The second kappa shape index (κ2) is 2.35. The molecule has 3 rings (SSSR count). The number of hydrogen-bond donors (Lipinski definition) is 2. The van der Waals surface area contributed by atoms with Gasteiger partial charge in [0.25, 0.3) is 0 Å². The molecular weight excluding hydrogens is 166 g/mol. The first-order chi connectivity index (χ1) is 4.64. The van der Waals surface area contributed by atoms with Gasteiger partial charge >= 0.3 is 5.97 Å². The number of carbonyl (C=O) groups is 1. The van der Waals surface area contributed by atoms with Gasteiger partial charge in [0, 0.05) is 6.04 Å². The Labute approximate surface area is 71.6 Å². The maximum atomic E-state index is 10.6. The number of nitrogens with one attached hydrogen (secondary N) is 1. The minimum absolute atomic E-state index is 0. The zero-order chi connectivity index (χ0) is 7.35. The molecule has 2 N–H and O–H groups in total. The number of halogens is 1. The average molecular weight is 178 g/mol. The Morgan fingerprint density at radius 2 is 2.18 bits per heavy atom. The van der Waals surface area contributed by atoms with Crippen molar-refractivity contribution in [2.75, 3.05) is 0 Å². The third-order valence-corrected chi connectivity index (χ3v) is 2.84. The predicted molar refractivity (Wildman–Crippen MR) is 42.9 cm³/mol. The van der Waals surface area contributed by atoms with Crippen molar-refractivity contribution in [1.29, 1.82) is 0 Å². The highest BCUT2D eigenvalue weighted by Gasteiger charge is 2.58. The van der Waals surface area contributed by atoms with Crippen LogP contribution in [0.15, 0.2) is 0 Å². The predicted octanol–water partition coefficient (Wildman–Crippen LogP) is 0.633. The molecule has 0 aromatic rings. The number of carboxylic acid groups (broad SMARTS) is 1. The molecule has 2 bridgehead atoms. The van der Waals surface area contributed by atoms with Gasteiger partial charge in [0.05, 0.1) is 0 Å². The molecule has 1 atom stereocenters. The maximum absolute atomic E-state index is 10.6. The Morgan fingerprint density at radius 1 is 1.64 bits per heavy atom. The van der Waals surface area contributed by atoms with Gasteiger partial charge in [-0.05, 0) is 25.7 Å². The summed E-state index contributed by atoms with van der Waals surface area (Å²) in [6.07, 6.45) is 1.67. The molecule has 0 amide bonds. The van der Waals surface area contributed by atoms with E-state index in [4.69, 9.17) is 5.11 Å². The van der Waals surface area contributed by atoms with E-state index in [0.717, 1.165) is 12.8 Å². The quantitative estimate of drug-likeness (QED) is 0.618. The van der Waals surface area contributed by atoms with Gasteiger partial charge in [-0.1, -0.05) is 0 Å². The Kier molecular flexibility index (Phi) is 1.89. The summed E-state index contributed by atoms with van der Waals surface area (Å²) in [6, 6.07) is 0.413. The van der Waals surface area contributed by atoms with Crippen LogP contribution in [0.3, 0.4) is 0 Å². The van der Waals surface area contributed by atoms with Gasteiger partial charge in [-0.15, -0.1) is 12.4 Å². The lowest BCUT2D eigenvalue weighted by atomic mass is 9.72.